The van der Waals surface area contributed by atoms with Crippen molar-refractivity contribution in [3.8, 4) is 0 Å². The Morgan fingerprint density at radius 2 is 2.04 bits per heavy atom. The number of hydrogen-bond acceptors (Lipinski definition) is 5. The van der Waals surface area contributed by atoms with Gasteiger partial charge in [0.05, 0.1) is 11.0 Å². The second-order valence-electron chi connectivity index (χ2n) is 6.12. The predicted octanol–water partition coefficient (Wildman–Crippen LogP) is 2.92. The Morgan fingerprint density at radius 1 is 1.31 bits per heavy atom. The topological polar surface area (TPSA) is 92.6 Å². The third kappa shape index (κ3) is 3.75. The van der Waals surface area contributed by atoms with E-state index in [1.165, 1.54) is 34.7 Å². The van der Waals surface area contributed by atoms with E-state index in [0.717, 1.165) is 6.42 Å². The standard InChI is InChI=1S/C18H19N3O4S/c1-12-15-8-11-26-16(15)7-10-20(12)17(22)6-9-19-18(23)13-2-4-14(5-3-13)21(24)25/h2-5,8,11-12H,6-7,9-10H2,1H3,(H,19,23). The number of hydrogen-bond donors (Lipinski definition) is 1. The summed E-state index contributed by atoms with van der Waals surface area (Å²) >= 11 is 1.73. The number of nitro groups is 1. The van der Waals surface area contributed by atoms with Gasteiger partial charge in [-0.25, -0.2) is 0 Å². The zero-order chi connectivity index (χ0) is 18.7. The average molecular weight is 373 g/mol. The maximum atomic E-state index is 12.5. The van der Waals surface area contributed by atoms with Crippen LogP contribution < -0.4 is 5.32 Å². The molecule has 0 spiro atoms. The van der Waals surface area contributed by atoms with Crippen LogP contribution in [0, 0.1) is 10.1 Å². The number of carbonyl (C=O) groups is 2. The summed E-state index contributed by atoms with van der Waals surface area (Å²) in [4.78, 5) is 37.9. The highest BCUT2D eigenvalue weighted by atomic mass is 32.1. The van der Waals surface area contributed by atoms with Gasteiger partial charge in [-0.2, -0.15) is 0 Å². The Balaban J connectivity index is 1.51. The Labute approximate surface area is 154 Å². The average Bonchev–Trinajstić information content (AvgIpc) is 3.11. The van der Waals surface area contributed by atoms with Crippen molar-refractivity contribution in [2.45, 2.75) is 25.8 Å². The van der Waals surface area contributed by atoms with Crippen molar-refractivity contribution in [2.24, 2.45) is 0 Å². The van der Waals surface area contributed by atoms with Crippen molar-refractivity contribution < 1.29 is 14.5 Å². The highest BCUT2D eigenvalue weighted by Gasteiger charge is 2.27. The van der Waals surface area contributed by atoms with Gasteiger partial charge in [0, 0.05) is 42.1 Å². The molecule has 1 atom stereocenters. The molecule has 136 valence electrons. The molecule has 2 amide bonds. The van der Waals surface area contributed by atoms with Crippen LogP contribution in [0.15, 0.2) is 35.7 Å². The lowest BCUT2D eigenvalue weighted by Crippen LogP contribution is -2.39. The maximum absolute atomic E-state index is 12.5. The molecule has 3 rings (SSSR count). The fourth-order valence-electron chi connectivity index (χ4n) is 3.11. The Hall–Kier alpha value is -2.74. The number of amides is 2. The number of thiophene rings is 1. The molecule has 2 aromatic rings. The van der Waals surface area contributed by atoms with Gasteiger partial charge in [-0.3, -0.25) is 19.7 Å². The molecule has 1 aliphatic heterocycles. The molecule has 7 nitrogen and oxygen atoms in total. The van der Waals surface area contributed by atoms with Gasteiger partial charge >= 0.3 is 0 Å². The second-order valence-corrected chi connectivity index (χ2v) is 7.12. The number of nitrogens with zero attached hydrogens (tertiary/aromatic N) is 2. The van der Waals surface area contributed by atoms with Crippen molar-refractivity contribution in [3.63, 3.8) is 0 Å². The summed E-state index contributed by atoms with van der Waals surface area (Å²) in [5.74, 6) is -0.335. The third-order valence-corrected chi connectivity index (χ3v) is 5.56. The van der Waals surface area contributed by atoms with Crippen LogP contribution in [-0.4, -0.2) is 34.7 Å². The maximum Gasteiger partial charge on any atom is 0.269 e. The summed E-state index contributed by atoms with van der Waals surface area (Å²) in [5.41, 5.74) is 1.48. The minimum Gasteiger partial charge on any atom is -0.352 e. The van der Waals surface area contributed by atoms with E-state index in [9.17, 15) is 19.7 Å². The SMILES string of the molecule is CC1c2ccsc2CCN1C(=O)CCNC(=O)c1ccc([N+](=O)[O-])cc1. The second kappa shape index (κ2) is 7.65. The van der Waals surface area contributed by atoms with Crippen LogP contribution in [0.2, 0.25) is 0 Å². The molecule has 1 aliphatic rings. The minimum atomic E-state index is -0.515. The van der Waals surface area contributed by atoms with Gasteiger partial charge in [-0.15, -0.1) is 11.3 Å². The molecule has 0 radical (unpaired) electrons. The summed E-state index contributed by atoms with van der Waals surface area (Å²) in [6.07, 6.45) is 1.10. The summed E-state index contributed by atoms with van der Waals surface area (Å²) in [6, 6.07) is 7.51. The van der Waals surface area contributed by atoms with Gasteiger partial charge in [0.2, 0.25) is 5.91 Å². The summed E-state index contributed by atoms with van der Waals surface area (Å²) in [6.45, 7) is 2.95. The van der Waals surface area contributed by atoms with E-state index in [1.54, 1.807) is 11.3 Å². The van der Waals surface area contributed by atoms with Crippen LogP contribution in [0.1, 0.15) is 40.2 Å². The molecule has 1 N–H and O–H groups in total. The summed E-state index contributed by atoms with van der Waals surface area (Å²) < 4.78 is 0. The van der Waals surface area contributed by atoms with E-state index < -0.39 is 4.92 Å². The van der Waals surface area contributed by atoms with Gasteiger partial charge in [-0.05, 0) is 42.5 Å². The van der Waals surface area contributed by atoms with Gasteiger partial charge < -0.3 is 10.2 Å². The summed E-state index contributed by atoms with van der Waals surface area (Å²) in [7, 11) is 0. The molecule has 0 fully saturated rings. The van der Waals surface area contributed by atoms with Gasteiger partial charge in [-0.1, -0.05) is 0 Å². The van der Waals surface area contributed by atoms with E-state index in [0.29, 0.717) is 12.1 Å². The fraction of sp³-hybridized carbons (Fsp3) is 0.333. The predicted molar refractivity (Wildman–Crippen MR) is 98.2 cm³/mol. The van der Waals surface area contributed by atoms with E-state index >= 15 is 0 Å². The third-order valence-electron chi connectivity index (χ3n) is 4.56. The lowest BCUT2D eigenvalue weighted by Gasteiger charge is -2.33. The van der Waals surface area contributed by atoms with E-state index in [4.69, 9.17) is 0 Å². The molecule has 1 aromatic heterocycles. The first-order chi connectivity index (χ1) is 12.5. The van der Waals surface area contributed by atoms with Crippen molar-refractivity contribution in [1.29, 1.82) is 0 Å². The fourth-order valence-corrected chi connectivity index (χ4v) is 4.08. The van der Waals surface area contributed by atoms with Crippen LogP contribution in [0.3, 0.4) is 0 Å². The molecular formula is C18H19N3O4S. The molecule has 2 heterocycles. The van der Waals surface area contributed by atoms with E-state index in [1.807, 2.05) is 11.8 Å². The molecule has 0 aliphatic carbocycles. The first-order valence-corrected chi connectivity index (χ1v) is 9.23. The monoisotopic (exact) mass is 373 g/mol. The lowest BCUT2D eigenvalue weighted by molar-refractivity contribution is -0.384. The smallest absolute Gasteiger partial charge is 0.269 e. The number of nitrogens with one attached hydrogen (secondary N) is 1. The van der Waals surface area contributed by atoms with Crippen LogP contribution in [-0.2, 0) is 11.2 Å². The van der Waals surface area contributed by atoms with Gasteiger partial charge in [0.25, 0.3) is 11.6 Å². The number of carbonyl (C=O) groups excluding carboxylic acids is 2. The molecule has 0 bridgehead atoms. The van der Waals surface area contributed by atoms with Gasteiger partial charge in [0.15, 0.2) is 0 Å². The van der Waals surface area contributed by atoms with Crippen molar-refractivity contribution >= 4 is 28.8 Å². The first-order valence-electron chi connectivity index (χ1n) is 8.35. The van der Waals surface area contributed by atoms with Crippen LogP contribution in [0.25, 0.3) is 0 Å². The van der Waals surface area contributed by atoms with Crippen LogP contribution in [0.4, 0.5) is 5.69 Å². The molecular weight excluding hydrogens is 354 g/mol. The number of rotatable bonds is 5. The zero-order valence-electron chi connectivity index (χ0n) is 14.3. The van der Waals surface area contributed by atoms with Crippen LogP contribution in [0.5, 0.6) is 0 Å². The number of fused-ring (bicyclic) bond motifs is 1. The largest absolute Gasteiger partial charge is 0.352 e. The Bertz CT molecular complexity index is 831. The first kappa shape index (κ1) is 18.1. The number of non-ortho nitro benzene ring substituents is 1. The van der Waals surface area contributed by atoms with Gasteiger partial charge in [0.1, 0.15) is 0 Å². The highest BCUT2D eigenvalue weighted by molar-refractivity contribution is 7.10. The number of benzene rings is 1. The van der Waals surface area contributed by atoms with Crippen molar-refractivity contribution in [3.05, 3.63) is 61.8 Å². The van der Waals surface area contributed by atoms with Crippen molar-refractivity contribution in [2.75, 3.05) is 13.1 Å². The number of nitro benzene ring substituents is 1. The van der Waals surface area contributed by atoms with Crippen molar-refractivity contribution in [1.82, 2.24) is 10.2 Å². The molecule has 8 heteroatoms. The quantitative estimate of drug-likeness (QED) is 0.644. The Kier molecular flexibility index (Phi) is 5.32. The normalized spacial score (nSPS) is 16.0. The van der Waals surface area contributed by atoms with Crippen LogP contribution >= 0.6 is 11.3 Å². The van der Waals surface area contributed by atoms with E-state index in [-0.39, 0.29) is 36.5 Å². The minimum absolute atomic E-state index is 0.0124. The molecule has 26 heavy (non-hydrogen) atoms. The lowest BCUT2D eigenvalue weighted by atomic mass is 10.0. The van der Waals surface area contributed by atoms with E-state index in [2.05, 4.69) is 16.8 Å². The molecule has 1 unspecified atom stereocenters. The highest BCUT2D eigenvalue weighted by Crippen LogP contribution is 2.32. The summed E-state index contributed by atoms with van der Waals surface area (Å²) in [5, 5.41) is 15.4. The molecule has 0 saturated carbocycles. The molecule has 1 aromatic carbocycles. The molecule has 0 saturated heterocycles. The zero-order valence-corrected chi connectivity index (χ0v) is 15.1. The Morgan fingerprint density at radius 3 is 2.73 bits per heavy atom.